The lowest BCUT2D eigenvalue weighted by molar-refractivity contribution is 0.0707. The van der Waals surface area contributed by atoms with Gasteiger partial charge in [-0.05, 0) is 55.2 Å². The highest BCUT2D eigenvalue weighted by molar-refractivity contribution is 5.99. The van der Waals surface area contributed by atoms with Gasteiger partial charge in [0.25, 0.3) is 5.91 Å². The smallest absolute Gasteiger partial charge is 0.290 e. The Labute approximate surface area is 179 Å². The lowest BCUT2D eigenvalue weighted by Gasteiger charge is -2.25. The van der Waals surface area contributed by atoms with Crippen LogP contribution in [0, 0.1) is 13.8 Å². The van der Waals surface area contributed by atoms with Crippen LogP contribution in [0.5, 0.6) is 11.5 Å². The van der Waals surface area contributed by atoms with Crippen molar-refractivity contribution in [3.05, 3.63) is 68.6 Å². The molecule has 1 amide bonds. The van der Waals surface area contributed by atoms with Gasteiger partial charge in [0.15, 0.2) is 16.9 Å². The first kappa shape index (κ1) is 20.9. The summed E-state index contributed by atoms with van der Waals surface area (Å²) in [5.41, 5.74) is 2.93. The van der Waals surface area contributed by atoms with E-state index in [-0.39, 0.29) is 28.6 Å². The molecule has 162 valence electrons. The zero-order chi connectivity index (χ0) is 22.3. The first-order valence-corrected chi connectivity index (χ1v) is 10.1. The van der Waals surface area contributed by atoms with Crippen molar-refractivity contribution in [1.82, 2.24) is 4.90 Å². The minimum atomic E-state index is -0.643. The molecule has 1 aromatic heterocycles. The Balaban J connectivity index is 1.96. The van der Waals surface area contributed by atoms with Crippen molar-refractivity contribution in [3.63, 3.8) is 0 Å². The van der Waals surface area contributed by atoms with E-state index in [4.69, 9.17) is 13.9 Å². The molecule has 1 aliphatic heterocycles. The van der Waals surface area contributed by atoms with Gasteiger partial charge >= 0.3 is 0 Å². The fourth-order valence-corrected chi connectivity index (χ4v) is 4.33. The molecule has 7 heteroatoms. The van der Waals surface area contributed by atoms with Crippen LogP contribution in [-0.4, -0.2) is 43.3 Å². The second-order valence-electron chi connectivity index (χ2n) is 7.81. The number of phenols is 1. The number of aryl methyl sites for hydroxylation is 2. The van der Waals surface area contributed by atoms with Crippen LogP contribution in [0.1, 0.15) is 45.3 Å². The van der Waals surface area contributed by atoms with E-state index in [0.717, 1.165) is 11.1 Å². The largest absolute Gasteiger partial charge is 0.504 e. The van der Waals surface area contributed by atoms with Gasteiger partial charge in [0.1, 0.15) is 5.58 Å². The number of aromatic hydroxyl groups is 1. The van der Waals surface area contributed by atoms with Crippen molar-refractivity contribution in [1.29, 1.82) is 0 Å². The number of benzene rings is 2. The third kappa shape index (κ3) is 3.45. The average molecular weight is 423 g/mol. The van der Waals surface area contributed by atoms with Crippen LogP contribution in [0.3, 0.4) is 0 Å². The third-order valence-corrected chi connectivity index (χ3v) is 5.68. The molecular formula is C24H25NO6. The fraction of sp³-hybridized carbons (Fsp3) is 0.333. The van der Waals surface area contributed by atoms with Gasteiger partial charge in [-0.1, -0.05) is 12.1 Å². The van der Waals surface area contributed by atoms with Crippen LogP contribution in [0.25, 0.3) is 11.0 Å². The zero-order valence-corrected chi connectivity index (χ0v) is 18.0. The van der Waals surface area contributed by atoms with Gasteiger partial charge in [-0.15, -0.1) is 0 Å². The lowest BCUT2D eigenvalue weighted by Crippen LogP contribution is -2.31. The number of methoxy groups -OCH3 is 2. The molecule has 1 unspecified atom stereocenters. The average Bonchev–Trinajstić information content (AvgIpc) is 3.00. The molecule has 0 radical (unpaired) electrons. The molecule has 0 saturated carbocycles. The molecule has 3 aromatic rings. The van der Waals surface area contributed by atoms with Crippen LogP contribution in [-0.2, 0) is 4.74 Å². The van der Waals surface area contributed by atoms with E-state index in [2.05, 4.69) is 0 Å². The summed E-state index contributed by atoms with van der Waals surface area (Å²) in [5, 5.41) is 10.5. The van der Waals surface area contributed by atoms with Gasteiger partial charge < -0.3 is 23.9 Å². The quantitative estimate of drug-likeness (QED) is 0.608. The normalized spacial score (nSPS) is 15.5. The van der Waals surface area contributed by atoms with E-state index in [0.29, 0.717) is 41.7 Å². The van der Waals surface area contributed by atoms with Crippen LogP contribution in [0.15, 0.2) is 39.5 Å². The molecule has 1 aliphatic rings. The van der Waals surface area contributed by atoms with Crippen molar-refractivity contribution in [2.75, 3.05) is 27.4 Å². The van der Waals surface area contributed by atoms with Crippen LogP contribution >= 0.6 is 0 Å². The molecule has 1 N–H and O–H groups in total. The highest BCUT2D eigenvalue weighted by Gasteiger charge is 2.42. The second-order valence-corrected chi connectivity index (χ2v) is 7.81. The number of fused-ring (bicyclic) bond motifs is 2. The molecule has 2 aromatic carbocycles. The van der Waals surface area contributed by atoms with Crippen LogP contribution in [0.4, 0.5) is 0 Å². The number of phenolic OH excluding ortho intramolecular Hbond substituents is 1. The maximum absolute atomic E-state index is 13.6. The number of hydrogen-bond acceptors (Lipinski definition) is 6. The SMILES string of the molecule is COCCCN1C(=O)c2oc3cc(C)cc(C)c3c(=O)c2C1c1ccc(O)c(OC)c1. The van der Waals surface area contributed by atoms with Crippen molar-refractivity contribution in [3.8, 4) is 11.5 Å². The Morgan fingerprint density at radius 3 is 2.61 bits per heavy atom. The highest BCUT2D eigenvalue weighted by atomic mass is 16.5. The number of amides is 1. The predicted octanol–water partition coefficient (Wildman–Crippen LogP) is 3.71. The Hall–Kier alpha value is -3.32. The predicted molar refractivity (Wildman–Crippen MR) is 116 cm³/mol. The molecule has 1 atom stereocenters. The Morgan fingerprint density at radius 1 is 1.13 bits per heavy atom. The van der Waals surface area contributed by atoms with Crippen molar-refractivity contribution >= 4 is 16.9 Å². The lowest BCUT2D eigenvalue weighted by atomic mass is 9.96. The number of rotatable bonds is 6. The summed E-state index contributed by atoms with van der Waals surface area (Å²) in [6.45, 7) is 4.65. The highest BCUT2D eigenvalue weighted by Crippen LogP contribution is 2.41. The van der Waals surface area contributed by atoms with Crippen LogP contribution < -0.4 is 10.2 Å². The maximum Gasteiger partial charge on any atom is 0.290 e. The number of ether oxygens (including phenoxy) is 2. The van der Waals surface area contributed by atoms with Gasteiger partial charge in [0.05, 0.1) is 24.1 Å². The monoisotopic (exact) mass is 423 g/mol. The minimum Gasteiger partial charge on any atom is -0.504 e. The Kier molecular flexibility index (Phi) is 5.45. The second kappa shape index (κ2) is 8.07. The molecule has 0 bridgehead atoms. The molecule has 31 heavy (non-hydrogen) atoms. The summed E-state index contributed by atoms with van der Waals surface area (Å²) in [5.74, 6) is -0.0101. The maximum atomic E-state index is 13.6. The Morgan fingerprint density at radius 2 is 1.90 bits per heavy atom. The standard InChI is InChI=1S/C24H25NO6/c1-13-10-14(2)19-18(11-13)31-23-20(22(19)27)21(25(24(23)28)8-5-9-29-3)15-6-7-16(26)17(12-15)30-4/h6-7,10-12,21,26H,5,8-9H2,1-4H3. The molecule has 7 nitrogen and oxygen atoms in total. The zero-order valence-electron chi connectivity index (χ0n) is 18.0. The fourth-order valence-electron chi connectivity index (χ4n) is 4.33. The van der Waals surface area contributed by atoms with Gasteiger partial charge in [0.2, 0.25) is 5.76 Å². The number of carbonyl (C=O) groups excluding carboxylic acids is 1. The first-order valence-electron chi connectivity index (χ1n) is 10.1. The molecular weight excluding hydrogens is 398 g/mol. The molecule has 0 fully saturated rings. The summed E-state index contributed by atoms with van der Waals surface area (Å²) in [7, 11) is 3.06. The van der Waals surface area contributed by atoms with E-state index in [1.54, 1.807) is 30.2 Å². The van der Waals surface area contributed by atoms with E-state index in [1.807, 2.05) is 19.9 Å². The van der Waals surface area contributed by atoms with Crippen molar-refractivity contribution < 1.29 is 23.8 Å². The third-order valence-electron chi connectivity index (χ3n) is 5.68. The Bertz CT molecular complexity index is 1230. The van der Waals surface area contributed by atoms with Gasteiger partial charge in [-0.25, -0.2) is 0 Å². The molecule has 2 heterocycles. The topological polar surface area (TPSA) is 89.2 Å². The number of carbonyl (C=O) groups is 1. The molecule has 0 aliphatic carbocycles. The van der Waals surface area contributed by atoms with Crippen molar-refractivity contribution in [2.45, 2.75) is 26.3 Å². The van der Waals surface area contributed by atoms with Gasteiger partial charge in [-0.2, -0.15) is 0 Å². The summed E-state index contributed by atoms with van der Waals surface area (Å²) < 4.78 is 16.4. The van der Waals surface area contributed by atoms with E-state index in [9.17, 15) is 14.7 Å². The van der Waals surface area contributed by atoms with Crippen molar-refractivity contribution in [2.24, 2.45) is 0 Å². The summed E-state index contributed by atoms with van der Waals surface area (Å²) in [4.78, 5) is 28.6. The van der Waals surface area contributed by atoms with Gasteiger partial charge in [0, 0.05) is 20.3 Å². The summed E-state index contributed by atoms with van der Waals surface area (Å²) >= 11 is 0. The first-order chi connectivity index (χ1) is 14.9. The molecule has 0 spiro atoms. The van der Waals surface area contributed by atoms with Crippen LogP contribution in [0.2, 0.25) is 0 Å². The summed E-state index contributed by atoms with van der Waals surface area (Å²) in [6, 6.07) is 7.91. The van der Waals surface area contributed by atoms with Gasteiger partial charge in [-0.3, -0.25) is 9.59 Å². The number of nitrogens with zero attached hydrogens (tertiary/aromatic N) is 1. The number of hydrogen-bond donors (Lipinski definition) is 1. The molecule has 4 rings (SSSR count). The molecule has 0 saturated heterocycles. The summed E-state index contributed by atoms with van der Waals surface area (Å²) in [6.07, 6.45) is 0.605. The van der Waals surface area contributed by atoms with E-state index in [1.165, 1.54) is 13.2 Å². The van der Waals surface area contributed by atoms with E-state index >= 15 is 0 Å². The van der Waals surface area contributed by atoms with E-state index < -0.39 is 6.04 Å². The minimum absolute atomic E-state index is 0.0152.